The molecule has 0 saturated heterocycles. The van der Waals surface area contributed by atoms with E-state index in [-0.39, 0.29) is 5.91 Å². The first-order chi connectivity index (χ1) is 9.04. The van der Waals surface area contributed by atoms with Crippen LogP contribution in [-0.4, -0.2) is 47.0 Å². The smallest absolute Gasteiger partial charge is 0.326 e. The third-order valence-corrected chi connectivity index (χ3v) is 3.88. The first-order valence-electron chi connectivity index (χ1n) is 7.02. The number of nitrogens with zero attached hydrogens (tertiary/aromatic N) is 1. The van der Waals surface area contributed by atoms with Crippen molar-refractivity contribution in [2.75, 3.05) is 19.1 Å². The largest absolute Gasteiger partial charge is 0.480 e. The third-order valence-electron chi connectivity index (χ3n) is 3.24. The minimum Gasteiger partial charge on any atom is -0.480 e. The Morgan fingerprint density at radius 2 is 1.84 bits per heavy atom. The summed E-state index contributed by atoms with van der Waals surface area (Å²) in [5.41, 5.74) is 0. The number of carboxylic acids is 1. The third kappa shape index (κ3) is 8.14. The summed E-state index contributed by atoms with van der Waals surface area (Å²) >= 11 is 1.60. The molecular weight excluding hydrogens is 262 g/mol. The second-order valence-corrected chi connectivity index (χ2v) is 5.79. The lowest BCUT2D eigenvalue weighted by atomic mass is 10.1. The van der Waals surface area contributed by atoms with E-state index in [4.69, 9.17) is 5.11 Å². The van der Waals surface area contributed by atoms with Crippen LogP contribution in [0.1, 0.15) is 51.9 Å². The van der Waals surface area contributed by atoms with Crippen molar-refractivity contribution in [3.63, 3.8) is 0 Å². The molecule has 0 aromatic rings. The second-order valence-electron chi connectivity index (χ2n) is 4.80. The molecule has 1 atom stereocenters. The molecule has 1 amide bonds. The van der Waals surface area contributed by atoms with E-state index < -0.39 is 12.0 Å². The molecule has 0 rings (SSSR count). The predicted octanol–water partition coefficient (Wildman–Crippen LogP) is 3.01. The van der Waals surface area contributed by atoms with E-state index in [1.807, 2.05) is 6.26 Å². The Balaban J connectivity index is 4.08. The molecule has 0 saturated carbocycles. The van der Waals surface area contributed by atoms with Crippen LogP contribution in [-0.2, 0) is 9.59 Å². The van der Waals surface area contributed by atoms with Gasteiger partial charge >= 0.3 is 5.97 Å². The summed E-state index contributed by atoms with van der Waals surface area (Å²) in [5, 5.41) is 9.16. The molecule has 0 spiro atoms. The molecule has 0 radical (unpaired) electrons. The van der Waals surface area contributed by atoms with Crippen molar-refractivity contribution in [1.82, 2.24) is 4.90 Å². The van der Waals surface area contributed by atoms with Gasteiger partial charge in [0, 0.05) is 13.5 Å². The summed E-state index contributed by atoms with van der Waals surface area (Å²) < 4.78 is 0. The second kappa shape index (κ2) is 11.1. The van der Waals surface area contributed by atoms with Crippen LogP contribution >= 0.6 is 11.8 Å². The van der Waals surface area contributed by atoms with Crippen LogP contribution in [0, 0.1) is 0 Å². The van der Waals surface area contributed by atoms with Gasteiger partial charge in [-0.2, -0.15) is 11.8 Å². The summed E-state index contributed by atoms with van der Waals surface area (Å²) in [6.45, 7) is 2.15. The van der Waals surface area contributed by atoms with E-state index >= 15 is 0 Å². The molecule has 0 heterocycles. The fraction of sp³-hybridized carbons (Fsp3) is 0.857. The van der Waals surface area contributed by atoms with Gasteiger partial charge in [-0.05, 0) is 24.9 Å². The van der Waals surface area contributed by atoms with Crippen molar-refractivity contribution in [3.8, 4) is 0 Å². The molecule has 4 nitrogen and oxygen atoms in total. The van der Waals surface area contributed by atoms with Crippen LogP contribution in [0.3, 0.4) is 0 Å². The van der Waals surface area contributed by atoms with Gasteiger partial charge in [0.25, 0.3) is 0 Å². The number of thioether (sulfide) groups is 1. The zero-order valence-corrected chi connectivity index (χ0v) is 13.2. The number of amides is 1. The fourth-order valence-electron chi connectivity index (χ4n) is 1.94. The molecule has 112 valence electrons. The van der Waals surface area contributed by atoms with Crippen molar-refractivity contribution >= 4 is 23.6 Å². The van der Waals surface area contributed by atoms with E-state index in [1.54, 1.807) is 18.8 Å². The van der Waals surface area contributed by atoms with Crippen LogP contribution in [0.25, 0.3) is 0 Å². The molecule has 0 aliphatic carbocycles. The van der Waals surface area contributed by atoms with Crippen LogP contribution < -0.4 is 0 Å². The van der Waals surface area contributed by atoms with Crippen LogP contribution in [0.4, 0.5) is 0 Å². The van der Waals surface area contributed by atoms with E-state index in [9.17, 15) is 9.59 Å². The van der Waals surface area contributed by atoms with Gasteiger partial charge in [0.05, 0.1) is 0 Å². The number of hydrogen-bond acceptors (Lipinski definition) is 3. The van der Waals surface area contributed by atoms with Crippen molar-refractivity contribution in [2.45, 2.75) is 57.9 Å². The predicted molar refractivity (Wildman–Crippen MR) is 80.6 cm³/mol. The highest BCUT2D eigenvalue weighted by molar-refractivity contribution is 7.98. The Morgan fingerprint density at radius 3 is 2.37 bits per heavy atom. The first kappa shape index (κ1) is 18.3. The van der Waals surface area contributed by atoms with Gasteiger partial charge in [0.15, 0.2) is 0 Å². The van der Waals surface area contributed by atoms with Crippen LogP contribution in [0.2, 0.25) is 0 Å². The lowest BCUT2D eigenvalue weighted by molar-refractivity contribution is -0.149. The quantitative estimate of drug-likeness (QED) is 0.594. The highest BCUT2D eigenvalue weighted by Gasteiger charge is 2.25. The maximum atomic E-state index is 11.9. The minimum absolute atomic E-state index is 0.0509. The zero-order chi connectivity index (χ0) is 14.7. The average molecular weight is 289 g/mol. The van der Waals surface area contributed by atoms with Crippen LogP contribution in [0.5, 0.6) is 0 Å². The number of carbonyl (C=O) groups excluding carboxylic acids is 1. The zero-order valence-electron chi connectivity index (χ0n) is 12.4. The van der Waals surface area contributed by atoms with Gasteiger partial charge in [-0.25, -0.2) is 4.79 Å². The molecule has 0 aromatic carbocycles. The number of rotatable bonds is 11. The molecule has 19 heavy (non-hydrogen) atoms. The first-order valence-corrected chi connectivity index (χ1v) is 8.41. The summed E-state index contributed by atoms with van der Waals surface area (Å²) in [6.07, 6.45) is 8.36. The Morgan fingerprint density at radius 1 is 1.21 bits per heavy atom. The number of likely N-dealkylation sites (N-methyl/N-ethyl adjacent to an activating group) is 1. The fourth-order valence-corrected chi connectivity index (χ4v) is 2.40. The average Bonchev–Trinajstić information content (AvgIpc) is 2.38. The molecular formula is C14H27NO3S. The Labute approximate surface area is 120 Å². The van der Waals surface area contributed by atoms with Crippen molar-refractivity contribution < 1.29 is 14.7 Å². The molecule has 5 heteroatoms. The van der Waals surface area contributed by atoms with Gasteiger partial charge in [0.1, 0.15) is 6.04 Å². The molecule has 0 fully saturated rings. The minimum atomic E-state index is -0.907. The van der Waals surface area contributed by atoms with E-state index in [0.717, 1.165) is 25.0 Å². The lowest BCUT2D eigenvalue weighted by Crippen LogP contribution is -2.42. The van der Waals surface area contributed by atoms with Crippen molar-refractivity contribution in [3.05, 3.63) is 0 Å². The molecule has 1 N–H and O–H groups in total. The number of hydrogen-bond donors (Lipinski definition) is 1. The highest BCUT2D eigenvalue weighted by Crippen LogP contribution is 2.11. The summed E-state index contributed by atoms with van der Waals surface area (Å²) in [4.78, 5) is 24.5. The molecule has 0 aromatic heterocycles. The highest BCUT2D eigenvalue weighted by atomic mass is 32.2. The van der Waals surface area contributed by atoms with Gasteiger partial charge in [-0.15, -0.1) is 0 Å². The Bertz CT molecular complexity index is 271. The summed E-state index contributed by atoms with van der Waals surface area (Å²) in [5.74, 6) is -0.202. The van der Waals surface area contributed by atoms with Gasteiger partial charge in [0.2, 0.25) is 5.91 Å². The van der Waals surface area contributed by atoms with Gasteiger partial charge in [-0.3, -0.25) is 4.79 Å². The SMILES string of the molecule is CCCCCCCC(=O)N(C)[C@@H](CCSC)C(=O)O. The van der Waals surface area contributed by atoms with E-state index in [2.05, 4.69) is 6.92 Å². The normalized spacial score (nSPS) is 12.2. The maximum absolute atomic E-state index is 11.9. The Hall–Kier alpha value is -0.710. The lowest BCUT2D eigenvalue weighted by Gasteiger charge is -2.24. The number of carboxylic acid groups (broad SMARTS) is 1. The van der Waals surface area contributed by atoms with E-state index in [1.165, 1.54) is 17.7 Å². The Kier molecular flexibility index (Phi) is 10.7. The maximum Gasteiger partial charge on any atom is 0.326 e. The van der Waals surface area contributed by atoms with Crippen LogP contribution in [0.15, 0.2) is 0 Å². The van der Waals surface area contributed by atoms with Gasteiger partial charge < -0.3 is 10.0 Å². The molecule has 0 unspecified atom stereocenters. The van der Waals surface area contributed by atoms with Crippen molar-refractivity contribution in [2.24, 2.45) is 0 Å². The molecule has 0 aliphatic rings. The van der Waals surface area contributed by atoms with E-state index in [0.29, 0.717) is 12.8 Å². The van der Waals surface area contributed by atoms with Gasteiger partial charge in [-0.1, -0.05) is 32.6 Å². The number of carbonyl (C=O) groups is 2. The number of unbranched alkanes of at least 4 members (excludes halogenated alkanes) is 4. The molecule has 0 bridgehead atoms. The topological polar surface area (TPSA) is 57.6 Å². The molecule has 0 aliphatic heterocycles. The van der Waals surface area contributed by atoms with Crippen molar-refractivity contribution in [1.29, 1.82) is 0 Å². The summed E-state index contributed by atoms with van der Waals surface area (Å²) in [6, 6.07) is -0.685. The summed E-state index contributed by atoms with van der Waals surface area (Å²) in [7, 11) is 1.60. The standard InChI is InChI=1S/C14H27NO3S/c1-4-5-6-7-8-9-13(16)15(2)12(14(17)18)10-11-19-3/h12H,4-11H2,1-3H3,(H,17,18)/t12-/m0/s1. The number of aliphatic carboxylic acids is 1. The monoisotopic (exact) mass is 289 g/mol.